The lowest BCUT2D eigenvalue weighted by Crippen LogP contribution is -2.26. The van der Waals surface area contributed by atoms with Gasteiger partial charge in [0.05, 0.1) is 12.2 Å². The van der Waals surface area contributed by atoms with Crippen LogP contribution in [-0.4, -0.2) is 26.4 Å². The van der Waals surface area contributed by atoms with Crippen LogP contribution in [0.5, 0.6) is 0 Å². The summed E-state index contributed by atoms with van der Waals surface area (Å²) in [5.41, 5.74) is 0. The molecule has 12 heavy (non-hydrogen) atoms. The Hall–Kier alpha value is -0.340. The Morgan fingerprint density at radius 1 is 1.33 bits per heavy atom. The molecule has 0 fully saturated rings. The highest BCUT2D eigenvalue weighted by molar-refractivity contribution is 4.70. The van der Waals surface area contributed by atoms with E-state index >= 15 is 0 Å². The quantitative estimate of drug-likeness (QED) is 0.433. The lowest BCUT2D eigenvalue weighted by Gasteiger charge is -2.20. The molecule has 0 aromatic carbocycles. The molecule has 0 rings (SSSR count). The summed E-state index contributed by atoms with van der Waals surface area (Å²) in [5.74, 6) is 0. The Labute approximate surface area is 75.6 Å². The van der Waals surface area contributed by atoms with Crippen LogP contribution in [0.2, 0.25) is 0 Å². The van der Waals surface area contributed by atoms with Crippen LogP contribution in [0.4, 0.5) is 0 Å². The van der Waals surface area contributed by atoms with E-state index in [-0.39, 0.29) is 12.2 Å². The van der Waals surface area contributed by atoms with E-state index in [1.54, 1.807) is 14.2 Å². The third kappa shape index (κ3) is 4.52. The normalized spacial score (nSPS) is 15.6. The summed E-state index contributed by atoms with van der Waals surface area (Å²) in [6.45, 7) is 5.71. The van der Waals surface area contributed by atoms with Gasteiger partial charge in [-0.1, -0.05) is 6.08 Å². The maximum Gasteiger partial charge on any atom is 0.0830 e. The van der Waals surface area contributed by atoms with Crippen molar-refractivity contribution in [3.63, 3.8) is 0 Å². The second-order valence-electron chi connectivity index (χ2n) is 2.93. The van der Waals surface area contributed by atoms with E-state index in [0.717, 1.165) is 19.3 Å². The number of allylic oxidation sites excluding steroid dienone is 1. The predicted octanol–water partition coefficient (Wildman–Crippen LogP) is 2.39. The average Bonchev–Trinajstić information content (AvgIpc) is 2.11. The Kier molecular flexibility index (Phi) is 7.11. The number of unbranched alkanes of at least 4 members (excludes halogenated alkanes) is 1. The van der Waals surface area contributed by atoms with Gasteiger partial charge in [0.15, 0.2) is 0 Å². The second-order valence-corrected chi connectivity index (χ2v) is 2.93. The van der Waals surface area contributed by atoms with Crippen LogP contribution in [0.3, 0.4) is 0 Å². The third-order valence-electron chi connectivity index (χ3n) is 2.09. The first-order valence-corrected chi connectivity index (χ1v) is 4.42. The van der Waals surface area contributed by atoms with Crippen LogP contribution in [0.25, 0.3) is 0 Å². The zero-order valence-electron chi connectivity index (χ0n) is 8.38. The number of rotatable bonds is 7. The molecule has 0 N–H and O–H groups in total. The second kappa shape index (κ2) is 7.32. The summed E-state index contributed by atoms with van der Waals surface area (Å²) in [6.07, 6.45) is 5.54. The first kappa shape index (κ1) is 11.7. The lowest BCUT2D eigenvalue weighted by molar-refractivity contribution is -0.0305. The topological polar surface area (TPSA) is 18.5 Å². The zero-order chi connectivity index (χ0) is 9.40. The van der Waals surface area contributed by atoms with Gasteiger partial charge in [0.2, 0.25) is 0 Å². The SMILES string of the molecule is C=CCCCC(OC)C(C)OC. The third-order valence-corrected chi connectivity index (χ3v) is 2.09. The molecule has 0 aliphatic rings. The molecule has 0 spiro atoms. The fraction of sp³-hybridized carbons (Fsp3) is 0.800. The van der Waals surface area contributed by atoms with Crippen LogP contribution < -0.4 is 0 Å². The standard InChI is InChI=1S/C10H20O2/c1-5-6-7-8-10(12-4)9(2)11-3/h5,9-10H,1,6-8H2,2-4H3. The van der Waals surface area contributed by atoms with Crippen LogP contribution in [0, 0.1) is 0 Å². The lowest BCUT2D eigenvalue weighted by atomic mass is 10.1. The summed E-state index contributed by atoms with van der Waals surface area (Å²) >= 11 is 0. The Bertz CT molecular complexity index is 112. The van der Waals surface area contributed by atoms with Crippen LogP contribution in [0.1, 0.15) is 26.2 Å². The molecule has 2 nitrogen and oxygen atoms in total. The van der Waals surface area contributed by atoms with Crippen molar-refractivity contribution in [1.29, 1.82) is 0 Å². The van der Waals surface area contributed by atoms with Crippen LogP contribution >= 0.6 is 0 Å². The summed E-state index contributed by atoms with van der Waals surface area (Å²) in [7, 11) is 3.44. The molecule has 72 valence electrons. The van der Waals surface area contributed by atoms with E-state index in [1.165, 1.54) is 0 Å². The van der Waals surface area contributed by atoms with E-state index in [0.29, 0.717) is 0 Å². The molecule has 0 saturated carbocycles. The maximum atomic E-state index is 5.29. The van der Waals surface area contributed by atoms with Crippen molar-refractivity contribution in [2.45, 2.75) is 38.4 Å². The molecule has 2 heteroatoms. The largest absolute Gasteiger partial charge is 0.379 e. The van der Waals surface area contributed by atoms with Gasteiger partial charge in [-0.15, -0.1) is 6.58 Å². The van der Waals surface area contributed by atoms with Crippen molar-refractivity contribution in [3.05, 3.63) is 12.7 Å². The molecule has 0 bridgehead atoms. The molecule has 0 aromatic rings. The van der Waals surface area contributed by atoms with Crippen LogP contribution in [0.15, 0.2) is 12.7 Å². The average molecular weight is 172 g/mol. The van der Waals surface area contributed by atoms with Gasteiger partial charge in [0.1, 0.15) is 0 Å². The minimum Gasteiger partial charge on any atom is -0.379 e. The molecule has 0 aromatic heterocycles. The van der Waals surface area contributed by atoms with Crippen molar-refractivity contribution in [2.75, 3.05) is 14.2 Å². The fourth-order valence-corrected chi connectivity index (χ4v) is 1.16. The minimum absolute atomic E-state index is 0.180. The summed E-state index contributed by atoms with van der Waals surface area (Å²) < 4.78 is 10.5. The smallest absolute Gasteiger partial charge is 0.0830 e. The monoisotopic (exact) mass is 172 g/mol. The van der Waals surface area contributed by atoms with E-state index < -0.39 is 0 Å². The molecular weight excluding hydrogens is 152 g/mol. The van der Waals surface area contributed by atoms with Gasteiger partial charge < -0.3 is 9.47 Å². The number of hydrogen-bond donors (Lipinski definition) is 0. The van der Waals surface area contributed by atoms with Gasteiger partial charge in [-0.3, -0.25) is 0 Å². The van der Waals surface area contributed by atoms with Crippen molar-refractivity contribution in [2.24, 2.45) is 0 Å². The van der Waals surface area contributed by atoms with Gasteiger partial charge in [-0.25, -0.2) is 0 Å². The van der Waals surface area contributed by atoms with Crippen molar-refractivity contribution >= 4 is 0 Å². The zero-order valence-corrected chi connectivity index (χ0v) is 8.38. The molecule has 2 unspecified atom stereocenters. The first-order chi connectivity index (χ1) is 5.76. The Morgan fingerprint density at radius 2 is 2.00 bits per heavy atom. The summed E-state index contributed by atoms with van der Waals surface area (Å²) in [5, 5.41) is 0. The van der Waals surface area contributed by atoms with Gasteiger partial charge in [0, 0.05) is 14.2 Å². The van der Waals surface area contributed by atoms with E-state index in [9.17, 15) is 0 Å². The van der Waals surface area contributed by atoms with Gasteiger partial charge in [0.25, 0.3) is 0 Å². The van der Waals surface area contributed by atoms with Gasteiger partial charge >= 0.3 is 0 Å². The molecule has 0 saturated heterocycles. The van der Waals surface area contributed by atoms with E-state index in [2.05, 4.69) is 6.58 Å². The highest BCUT2D eigenvalue weighted by Gasteiger charge is 2.14. The Morgan fingerprint density at radius 3 is 2.42 bits per heavy atom. The molecule has 0 heterocycles. The summed E-state index contributed by atoms with van der Waals surface area (Å²) in [6, 6.07) is 0. The number of hydrogen-bond acceptors (Lipinski definition) is 2. The van der Waals surface area contributed by atoms with Gasteiger partial charge in [-0.2, -0.15) is 0 Å². The fourth-order valence-electron chi connectivity index (χ4n) is 1.16. The van der Waals surface area contributed by atoms with Crippen LogP contribution in [-0.2, 0) is 9.47 Å². The van der Waals surface area contributed by atoms with Gasteiger partial charge in [-0.05, 0) is 26.2 Å². The molecule has 0 aliphatic heterocycles. The highest BCUT2D eigenvalue weighted by atomic mass is 16.5. The minimum atomic E-state index is 0.180. The predicted molar refractivity (Wildman–Crippen MR) is 51.3 cm³/mol. The molecular formula is C10H20O2. The maximum absolute atomic E-state index is 5.29. The number of methoxy groups -OCH3 is 2. The Balaban J connectivity index is 3.58. The highest BCUT2D eigenvalue weighted by Crippen LogP contribution is 2.10. The first-order valence-electron chi connectivity index (χ1n) is 4.42. The molecule has 0 radical (unpaired) electrons. The van der Waals surface area contributed by atoms with Crippen molar-refractivity contribution in [1.82, 2.24) is 0 Å². The number of ether oxygens (including phenoxy) is 2. The van der Waals surface area contributed by atoms with Crippen molar-refractivity contribution < 1.29 is 9.47 Å². The summed E-state index contributed by atoms with van der Waals surface area (Å²) in [4.78, 5) is 0. The van der Waals surface area contributed by atoms with E-state index in [1.807, 2.05) is 13.0 Å². The molecule has 0 amide bonds. The van der Waals surface area contributed by atoms with Crippen molar-refractivity contribution in [3.8, 4) is 0 Å². The van der Waals surface area contributed by atoms with E-state index in [4.69, 9.17) is 9.47 Å². The molecule has 0 aliphatic carbocycles. The molecule has 2 atom stereocenters.